The molecule has 238 valence electrons. The van der Waals surface area contributed by atoms with Crippen LogP contribution in [0.1, 0.15) is 27.7 Å². The Balaban J connectivity index is 1.23. The van der Waals surface area contributed by atoms with Crippen LogP contribution in [0.5, 0.6) is 0 Å². The lowest BCUT2D eigenvalue weighted by Gasteiger charge is -2.14. The molecule has 1 atom stereocenters. The van der Waals surface area contributed by atoms with Gasteiger partial charge in [0.2, 0.25) is 5.91 Å². The molecular weight excluding hydrogens is 627 g/mol. The van der Waals surface area contributed by atoms with Crippen LogP contribution >= 0.6 is 23.1 Å². The molecule has 3 N–H and O–H groups in total. The first-order valence-corrected chi connectivity index (χ1v) is 16.6. The summed E-state index contributed by atoms with van der Waals surface area (Å²) in [5.41, 5.74) is 4.74. The van der Waals surface area contributed by atoms with Gasteiger partial charge >= 0.3 is 0 Å². The molecule has 0 aliphatic rings. The molecule has 0 aliphatic heterocycles. The minimum Gasteiger partial charge on any atom is -0.378 e. The van der Waals surface area contributed by atoms with E-state index in [-0.39, 0.29) is 22.8 Å². The first-order chi connectivity index (χ1) is 22.7. The second-order valence-electron chi connectivity index (χ2n) is 10.9. The van der Waals surface area contributed by atoms with Gasteiger partial charge in [-0.3, -0.25) is 14.4 Å². The van der Waals surface area contributed by atoms with Gasteiger partial charge in [0.15, 0.2) is 5.13 Å². The molecule has 0 radical (unpaired) electrons. The lowest BCUT2D eigenvalue weighted by molar-refractivity contribution is -0.115. The number of nitrogens with one attached hydrogen (secondary N) is 3. The minimum absolute atomic E-state index is 0.105. The Hall–Kier alpha value is -5.19. The summed E-state index contributed by atoms with van der Waals surface area (Å²) in [6.45, 7) is 3.83. The number of carbonyl (C=O) groups excluding carboxylic acids is 3. The van der Waals surface area contributed by atoms with Gasteiger partial charge in [0.1, 0.15) is 5.70 Å². The summed E-state index contributed by atoms with van der Waals surface area (Å²) in [5, 5.41) is 8.77. The molecule has 0 aliphatic carbocycles. The van der Waals surface area contributed by atoms with E-state index in [1.54, 1.807) is 42.5 Å². The fraction of sp³-hybridized carbons (Fsp3) is 0.135. The molecule has 5 aromatic rings. The van der Waals surface area contributed by atoms with Crippen LogP contribution in [0.4, 0.5) is 16.5 Å². The summed E-state index contributed by atoms with van der Waals surface area (Å²) in [4.78, 5) is 47.9. The highest BCUT2D eigenvalue weighted by atomic mass is 32.2. The minimum atomic E-state index is -0.465. The maximum atomic E-state index is 13.4. The van der Waals surface area contributed by atoms with E-state index in [1.807, 2.05) is 106 Å². The molecule has 0 fully saturated rings. The average molecular weight is 662 g/mol. The molecule has 10 heteroatoms. The molecule has 4 aromatic carbocycles. The molecule has 0 saturated heterocycles. The largest absolute Gasteiger partial charge is 0.378 e. The highest BCUT2D eigenvalue weighted by Gasteiger charge is 2.19. The van der Waals surface area contributed by atoms with Crippen molar-refractivity contribution in [2.75, 3.05) is 29.6 Å². The predicted molar refractivity (Wildman–Crippen MR) is 194 cm³/mol. The normalized spacial score (nSPS) is 11.8. The summed E-state index contributed by atoms with van der Waals surface area (Å²) in [6, 6.07) is 33.5. The number of aromatic nitrogens is 1. The number of aryl methyl sites for hydroxylation is 1. The summed E-state index contributed by atoms with van der Waals surface area (Å²) in [5.74, 6) is -1.00. The van der Waals surface area contributed by atoms with Crippen LogP contribution in [0.2, 0.25) is 0 Å². The number of thiazole rings is 1. The lowest BCUT2D eigenvalue weighted by atomic mass is 10.1. The number of carbonyl (C=O) groups is 3. The molecule has 0 spiro atoms. The highest BCUT2D eigenvalue weighted by Crippen LogP contribution is 2.31. The molecule has 8 nitrogen and oxygen atoms in total. The van der Waals surface area contributed by atoms with Gasteiger partial charge in [0, 0.05) is 46.4 Å². The number of hydrogen-bond acceptors (Lipinski definition) is 7. The van der Waals surface area contributed by atoms with E-state index in [4.69, 9.17) is 0 Å². The number of thioether (sulfide) groups is 1. The maximum absolute atomic E-state index is 13.4. The molecular formula is C37H35N5O3S2. The van der Waals surface area contributed by atoms with E-state index in [0.29, 0.717) is 16.4 Å². The Labute approximate surface area is 282 Å². The lowest BCUT2D eigenvalue weighted by Crippen LogP contribution is -2.30. The molecule has 47 heavy (non-hydrogen) atoms. The Morgan fingerprint density at radius 3 is 2.11 bits per heavy atom. The van der Waals surface area contributed by atoms with E-state index in [0.717, 1.165) is 32.3 Å². The van der Waals surface area contributed by atoms with E-state index < -0.39 is 5.91 Å². The van der Waals surface area contributed by atoms with Crippen molar-refractivity contribution in [2.45, 2.75) is 24.0 Å². The zero-order valence-electron chi connectivity index (χ0n) is 26.5. The summed E-state index contributed by atoms with van der Waals surface area (Å²) >= 11 is 2.85. The van der Waals surface area contributed by atoms with Gasteiger partial charge in [-0.25, -0.2) is 4.98 Å². The van der Waals surface area contributed by atoms with Crippen molar-refractivity contribution in [3.05, 3.63) is 131 Å². The topological polar surface area (TPSA) is 103 Å². The van der Waals surface area contributed by atoms with Gasteiger partial charge in [0.05, 0.1) is 10.9 Å². The van der Waals surface area contributed by atoms with Crippen LogP contribution in [-0.4, -0.2) is 42.1 Å². The summed E-state index contributed by atoms with van der Waals surface area (Å²) < 4.78 is 0. The molecule has 1 aromatic heterocycles. The predicted octanol–water partition coefficient (Wildman–Crippen LogP) is 7.71. The van der Waals surface area contributed by atoms with Crippen molar-refractivity contribution >= 4 is 63.4 Å². The number of nitrogens with zero attached hydrogens (tertiary/aromatic N) is 2. The van der Waals surface area contributed by atoms with Crippen LogP contribution in [-0.2, 0) is 9.59 Å². The number of benzene rings is 4. The van der Waals surface area contributed by atoms with Crippen molar-refractivity contribution in [2.24, 2.45) is 0 Å². The quantitative estimate of drug-likeness (QED) is 0.0990. The number of amides is 3. The van der Waals surface area contributed by atoms with Gasteiger partial charge in [-0.05, 0) is 74.0 Å². The zero-order chi connectivity index (χ0) is 33.3. The summed E-state index contributed by atoms with van der Waals surface area (Å²) in [6.07, 6.45) is 1.65. The van der Waals surface area contributed by atoms with E-state index >= 15 is 0 Å². The molecule has 1 heterocycles. The molecule has 0 bridgehead atoms. The van der Waals surface area contributed by atoms with Gasteiger partial charge in [-0.15, -0.1) is 23.1 Å². The fourth-order valence-corrected chi connectivity index (χ4v) is 6.28. The fourth-order valence-electron chi connectivity index (χ4n) is 4.57. The van der Waals surface area contributed by atoms with Crippen molar-refractivity contribution in [3.8, 4) is 11.3 Å². The van der Waals surface area contributed by atoms with E-state index in [9.17, 15) is 14.4 Å². The number of rotatable bonds is 11. The standard InChI is InChI=1S/C37H35N5O3S2/c1-24-33(27-11-7-5-8-12-27)40-37(47-24)41-34(43)25(2)46-31-21-17-29(18-22-31)38-36(45)32(39-35(44)28-13-9-6-10-14-28)23-26-15-19-30(20-16-26)42(3)4/h5-23,25H,1-4H3,(H,38,45)(H,39,44)(H,40,41,43)/b32-23-. The molecule has 5 rings (SSSR count). The number of anilines is 3. The van der Waals surface area contributed by atoms with Crippen molar-refractivity contribution < 1.29 is 14.4 Å². The molecule has 3 amide bonds. The maximum Gasteiger partial charge on any atom is 0.272 e. The monoisotopic (exact) mass is 661 g/mol. The molecule has 0 saturated carbocycles. The first kappa shape index (κ1) is 33.2. The van der Waals surface area contributed by atoms with Crippen molar-refractivity contribution in [1.82, 2.24) is 10.3 Å². The van der Waals surface area contributed by atoms with E-state index in [1.165, 1.54) is 23.1 Å². The average Bonchev–Trinajstić information content (AvgIpc) is 3.45. The Morgan fingerprint density at radius 2 is 1.47 bits per heavy atom. The van der Waals surface area contributed by atoms with Gasteiger partial charge in [0.25, 0.3) is 11.8 Å². The SMILES string of the molecule is Cc1sc(NC(=O)C(C)Sc2ccc(NC(=O)/C(=C/c3ccc(N(C)C)cc3)NC(=O)c3ccccc3)cc2)nc1-c1ccccc1. The zero-order valence-corrected chi connectivity index (χ0v) is 28.1. The van der Waals surface area contributed by atoms with Gasteiger partial charge < -0.3 is 20.9 Å². The van der Waals surface area contributed by atoms with Crippen LogP contribution in [0.3, 0.4) is 0 Å². The van der Waals surface area contributed by atoms with Crippen LogP contribution < -0.4 is 20.9 Å². The third-order valence-corrected chi connectivity index (χ3v) is 9.12. The van der Waals surface area contributed by atoms with Gasteiger partial charge in [-0.1, -0.05) is 60.7 Å². The third-order valence-electron chi connectivity index (χ3n) is 7.12. The Morgan fingerprint density at radius 1 is 0.830 bits per heavy atom. The van der Waals surface area contributed by atoms with Crippen LogP contribution in [0.25, 0.3) is 17.3 Å². The highest BCUT2D eigenvalue weighted by molar-refractivity contribution is 8.00. The van der Waals surface area contributed by atoms with E-state index in [2.05, 4.69) is 20.9 Å². The van der Waals surface area contributed by atoms with Crippen molar-refractivity contribution in [1.29, 1.82) is 0 Å². The smallest absolute Gasteiger partial charge is 0.272 e. The molecule has 1 unspecified atom stereocenters. The van der Waals surface area contributed by atoms with Crippen LogP contribution in [0, 0.1) is 6.92 Å². The first-order valence-electron chi connectivity index (χ1n) is 14.9. The Kier molecular flexibility index (Phi) is 10.9. The second kappa shape index (κ2) is 15.4. The van der Waals surface area contributed by atoms with Crippen molar-refractivity contribution in [3.63, 3.8) is 0 Å². The van der Waals surface area contributed by atoms with Crippen LogP contribution in [0.15, 0.2) is 120 Å². The van der Waals surface area contributed by atoms with Gasteiger partial charge in [-0.2, -0.15) is 0 Å². The summed E-state index contributed by atoms with van der Waals surface area (Å²) in [7, 11) is 3.90. The third kappa shape index (κ3) is 8.96. The Bertz CT molecular complexity index is 1870. The second-order valence-corrected chi connectivity index (χ2v) is 13.5. The number of hydrogen-bond donors (Lipinski definition) is 3.